The first-order valence-electron chi connectivity index (χ1n) is 50.5. The van der Waals surface area contributed by atoms with Crippen molar-refractivity contribution in [3.05, 3.63) is 510 Å². The number of para-hydroxylation sites is 15. The summed E-state index contributed by atoms with van der Waals surface area (Å²) in [4.78, 5) is 39.8. The third-order valence-electron chi connectivity index (χ3n) is 31.0. The second kappa shape index (κ2) is 32.9. The molecule has 0 aliphatic carbocycles. The van der Waals surface area contributed by atoms with Crippen molar-refractivity contribution in [3.63, 3.8) is 0 Å². The lowest BCUT2D eigenvalue weighted by atomic mass is 10.0. The van der Waals surface area contributed by atoms with Gasteiger partial charge in [-0.15, -0.1) is 0 Å². The zero-order valence-corrected chi connectivity index (χ0v) is 82.2. The van der Waals surface area contributed by atoms with E-state index >= 15 is 0 Å². The monoisotopic (exact) mass is 1940 g/mol. The summed E-state index contributed by atoms with van der Waals surface area (Å²) in [7, 11) is -6.23. The van der Waals surface area contributed by atoms with E-state index in [0.717, 1.165) is 139 Å². The maximum atomic E-state index is 5.81. The van der Waals surface area contributed by atoms with E-state index in [9.17, 15) is 0 Å². The van der Waals surface area contributed by atoms with E-state index in [1.165, 1.54) is 85.1 Å². The van der Waals surface area contributed by atoms with Crippen molar-refractivity contribution in [2.75, 3.05) is 0 Å². The number of fused-ring (bicyclic) bond motifs is 24. The zero-order valence-electron chi connectivity index (χ0n) is 80.2. The largest absolute Gasteiger partial charge is 0.309 e. The first kappa shape index (κ1) is 83.8. The average molecular weight is 1940 g/mol. The van der Waals surface area contributed by atoms with Gasteiger partial charge in [-0.1, -0.05) is 358 Å². The molecule has 0 atom stereocenters. The van der Waals surface area contributed by atoms with Crippen molar-refractivity contribution in [1.29, 1.82) is 0 Å². The lowest BCUT2D eigenvalue weighted by Crippen LogP contribution is -2.74. The highest BCUT2D eigenvalue weighted by molar-refractivity contribution is 7.20. The van der Waals surface area contributed by atoms with Gasteiger partial charge in [0.2, 0.25) is 29.2 Å². The van der Waals surface area contributed by atoms with Gasteiger partial charge in [0.15, 0.2) is 16.1 Å². The van der Waals surface area contributed by atoms with Crippen molar-refractivity contribution >= 4 is 207 Å². The Morgan fingerprint density at radius 3 is 0.785 bits per heavy atom. The van der Waals surface area contributed by atoms with Crippen LogP contribution in [0, 0.1) is 0 Å². The number of aromatic nitrogens is 16. The van der Waals surface area contributed by atoms with Crippen molar-refractivity contribution < 1.29 is 0 Å². The van der Waals surface area contributed by atoms with Crippen LogP contribution in [0.25, 0.3) is 217 Å². The highest BCUT2D eigenvalue weighted by Gasteiger charge is 2.44. The Morgan fingerprint density at radius 1 is 0.148 bits per heavy atom. The fraction of sp³-hybridized carbons (Fsp3) is 0. The van der Waals surface area contributed by atoms with E-state index < -0.39 is 16.1 Å². The molecule has 31 aromatic rings. The van der Waals surface area contributed by atoms with Crippen LogP contribution in [0.15, 0.2) is 510 Å². The molecule has 696 valence electrons. The second-order valence-electron chi connectivity index (χ2n) is 38.8. The Labute approximate surface area is 854 Å². The van der Waals surface area contributed by atoms with Crippen molar-refractivity contribution in [3.8, 4) is 68.5 Å². The summed E-state index contributed by atoms with van der Waals surface area (Å²) < 4.78 is 20.4. The number of benzene rings is 20. The van der Waals surface area contributed by atoms with Gasteiger partial charge in [0.25, 0.3) is 0 Å². The number of rotatable bonds is 17. The normalized spacial score (nSPS) is 12.3. The van der Waals surface area contributed by atoms with Crippen LogP contribution in [0.2, 0.25) is 0 Å². The summed E-state index contributed by atoms with van der Waals surface area (Å²) in [5.41, 5.74) is 25.5. The fourth-order valence-electron chi connectivity index (χ4n) is 24.5. The second-order valence-corrected chi connectivity index (χ2v) is 46.4. The van der Waals surface area contributed by atoms with Gasteiger partial charge in [-0.2, -0.15) is 9.97 Å². The van der Waals surface area contributed by atoms with Gasteiger partial charge in [0.05, 0.1) is 111 Å². The highest BCUT2D eigenvalue weighted by Crippen LogP contribution is 2.42. The molecule has 16 nitrogen and oxygen atoms in total. The maximum absolute atomic E-state index is 5.81. The van der Waals surface area contributed by atoms with Crippen LogP contribution in [0.1, 0.15) is 0 Å². The molecule has 0 aliphatic rings. The Kier molecular flexibility index (Phi) is 18.5. The molecule has 0 aliphatic heterocycles. The van der Waals surface area contributed by atoms with Crippen LogP contribution in [0.5, 0.6) is 0 Å². The Morgan fingerprint density at radius 2 is 0.403 bits per heavy atom. The minimum atomic E-state index is -3.12. The van der Waals surface area contributed by atoms with Crippen molar-refractivity contribution in [2.24, 2.45) is 0 Å². The molecule has 0 unspecified atom stereocenters. The highest BCUT2D eigenvalue weighted by atomic mass is 28.3. The molecule has 0 N–H and O–H groups in total. The van der Waals surface area contributed by atoms with Gasteiger partial charge in [-0.05, 0) is 192 Å². The molecule has 149 heavy (non-hydrogen) atoms. The molecular weight excluding hydrogens is 1850 g/mol. The van der Waals surface area contributed by atoms with E-state index in [4.69, 9.17) is 34.9 Å². The minimum Gasteiger partial charge on any atom is -0.309 e. The summed E-state index contributed by atoms with van der Waals surface area (Å²) in [5.74, 6) is 4.42. The van der Waals surface area contributed by atoms with Crippen LogP contribution in [-0.4, -0.2) is 91.6 Å². The molecule has 0 bridgehead atoms. The molecule has 0 radical (unpaired) electrons. The summed E-state index contributed by atoms with van der Waals surface area (Å²) in [6, 6.07) is 186. The molecule has 11 heterocycles. The summed E-state index contributed by atoms with van der Waals surface area (Å²) in [6.07, 6.45) is 0. The predicted octanol–water partition coefficient (Wildman–Crippen LogP) is 24.5. The summed E-state index contributed by atoms with van der Waals surface area (Å²) in [6.45, 7) is 0. The Hall–Kier alpha value is -19.8. The summed E-state index contributed by atoms with van der Waals surface area (Å²) >= 11 is 0. The maximum Gasteiger partial charge on any atom is 0.239 e. The topological polar surface area (TPSA) is 133 Å². The molecule has 0 amide bonds. The fourth-order valence-corrected chi connectivity index (χ4v) is 34.0. The number of hydrogen-bond donors (Lipinski definition) is 0. The van der Waals surface area contributed by atoms with Gasteiger partial charge < -0.3 is 9.13 Å². The molecule has 0 spiro atoms. The third-order valence-corrected chi connectivity index (χ3v) is 40.6. The number of nitrogens with zero attached hydrogens (tertiary/aromatic N) is 16. The molecule has 0 fully saturated rings. The summed E-state index contributed by atoms with van der Waals surface area (Å²) in [5, 5.41) is 17.1. The Bertz CT molecular complexity index is 10700. The van der Waals surface area contributed by atoms with Gasteiger partial charge in [0.1, 0.15) is 11.6 Å². The molecule has 18 heteroatoms. The van der Waals surface area contributed by atoms with E-state index in [1.807, 2.05) is 6.07 Å². The average Bonchev–Trinajstić information content (AvgIpc) is 0.879. The molecule has 31 rings (SSSR count). The first-order chi connectivity index (χ1) is 73.9. The van der Waals surface area contributed by atoms with E-state index in [0.29, 0.717) is 35.1 Å². The van der Waals surface area contributed by atoms with Crippen molar-refractivity contribution in [2.45, 2.75) is 0 Å². The molecule has 0 saturated heterocycles. The smallest absolute Gasteiger partial charge is 0.239 e. The number of hydrogen-bond acceptors (Lipinski definition) is 7. The Balaban J connectivity index is 0.551. The lowest BCUT2D eigenvalue weighted by molar-refractivity contribution is 0.930. The molecular formula is C131H84N16Si2. The lowest BCUT2D eigenvalue weighted by Gasteiger charge is -2.34. The van der Waals surface area contributed by atoms with Gasteiger partial charge in [0, 0.05) is 67.0 Å². The third kappa shape index (κ3) is 12.5. The predicted molar refractivity (Wildman–Crippen MR) is 613 cm³/mol. The van der Waals surface area contributed by atoms with Gasteiger partial charge in [-0.3, -0.25) is 26.9 Å². The first-order valence-corrected chi connectivity index (χ1v) is 54.5. The van der Waals surface area contributed by atoms with Crippen molar-refractivity contribution in [1.82, 2.24) is 75.5 Å². The van der Waals surface area contributed by atoms with Crippen LogP contribution in [-0.2, 0) is 0 Å². The number of imidazole rings is 6. The van der Waals surface area contributed by atoms with Gasteiger partial charge >= 0.3 is 0 Å². The van der Waals surface area contributed by atoms with Crippen LogP contribution in [0.4, 0.5) is 0 Å². The SMILES string of the molecule is c1ccc([Si](c2ccccc2)(c2ccc(-c3cc(-n4c5ccccc5n5c6ccccc6nc45)nc(-n4c5ccccc5c5cc(-c6ccc7c(c6)nc6n(-c8cc(-c9ccc([Si](c%10ccccc%10)(c%10ccccc%10)c%10ccc(-n%11c%12ccccc%12c%12ccccc%12%11)cc%10)cc9)nc(-n9c%10ccccc%10n%10c%11ccccc%11nc9%10)n8)c8ccccc8n76)ccc54)n3)cc2)c2ccc(-n3c4ccccc4c4ccccc43)cc2)cc1. The van der Waals surface area contributed by atoms with Gasteiger partial charge in [-0.25, -0.2) is 29.5 Å². The van der Waals surface area contributed by atoms with E-state index in [2.05, 4.69) is 544 Å². The van der Waals surface area contributed by atoms with Crippen LogP contribution in [0.3, 0.4) is 0 Å². The quantitative estimate of drug-likeness (QED) is 0.0655. The van der Waals surface area contributed by atoms with Crippen LogP contribution < -0.4 is 41.5 Å². The minimum absolute atomic E-state index is 0.459. The van der Waals surface area contributed by atoms with E-state index in [1.54, 1.807) is 0 Å². The van der Waals surface area contributed by atoms with Crippen LogP contribution >= 0.6 is 0 Å². The standard InChI is InChI=1S/C131H84N16Si2/c1-5-33-91(34-6-1)148(92-35-7-2-8-36-92,97-75-67-89(68-76-97)139-110-48-20-13-41-99(110)100-42-14-21-49-111(100)139)95-71-61-85(62-72-95)107-83-125(145-122-58-30-27-55-119(122)142-116-53-25-18-46-105(116)134-129(142)145)137-127(132-107)141-114-52-24-17-45-103(114)104-81-87(65-79-115(104)141)88-66-80-118-109(82-88)136-130-144(118)120-56-28-31-59-123(120)146(130)126-84-108(133-128(138-126)147-124-60-32-29-57-121(124)143-117-54-26-19-47-106(117)135-131(143)147)86-63-73-96(74-64-86)149(93-37-9-3-10-38-93,94-39-11-4-12-40-94)98-77-69-90(70-78-98)140-112-50-22-15-43-101(112)102-44-16-23-51-113(102)140/h1-84H. The molecule has 20 aromatic carbocycles. The zero-order chi connectivity index (χ0) is 97.7. The molecule has 0 saturated carbocycles. The molecule has 11 aromatic heterocycles. The van der Waals surface area contributed by atoms with E-state index in [-0.39, 0.29) is 0 Å².